The fourth-order valence-electron chi connectivity index (χ4n) is 1.99. The Labute approximate surface area is 90.1 Å². The van der Waals surface area contributed by atoms with Gasteiger partial charge >= 0.3 is 5.97 Å². The van der Waals surface area contributed by atoms with Crippen LogP contribution in [0.15, 0.2) is 0 Å². The minimum absolute atomic E-state index is 0.0110. The first-order chi connectivity index (χ1) is 6.97. The Bertz CT molecular complexity index is 325. The second-order valence-corrected chi connectivity index (χ2v) is 5.74. The number of piperidine rings is 1. The Kier molecular flexibility index (Phi) is 4.10. The van der Waals surface area contributed by atoms with E-state index in [2.05, 4.69) is 0 Å². The topological polar surface area (TPSA) is 74.7 Å². The van der Waals surface area contributed by atoms with Crippen molar-refractivity contribution < 1.29 is 18.3 Å². The van der Waals surface area contributed by atoms with Crippen molar-refractivity contribution in [2.45, 2.75) is 38.6 Å². The van der Waals surface area contributed by atoms with Crippen LogP contribution in [0.2, 0.25) is 0 Å². The number of carboxylic acids is 1. The predicted molar refractivity (Wildman–Crippen MR) is 56.1 cm³/mol. The van der Waals surface area contributed by atoms with Crippen molar-refractivity contribution in [1.82, 2.24) is 4.31 Å². The Morgan fingerprint density at radius 3 is 2.67 bits per heavy atom. The average Bonchev–Trinajstić information content (AvgIpc) is 2.16. The van der Waals surface area contributed by atoms with E-state index in [0.717, 1.165) is 25.7 Å². The maximum absolute atomic E-state index is 11.7. The van der Waals surface area contributed by atoms with Gasteiger partial charge in [-0.3, -0.25) is 4.79 Å². The summed E-state index contributed by atoms with van der Waals surface area (Å²) in [6.07, 6.45) is 3.45. The van der Waals surface area contributed by atoms with Crippen LogP contribution in [0.4, 0.5) is 0 Å². The Morgan fingerprint density at radius 2 is 2.13 bits per heavy atom. The lowest BCUT2D eigenvalue weighted by Crippen LogP contribution is -2.45. The molecule has 1 rings (SSSR count). The maximum atomic E-state index is 11.7. The van der Waals surface area contributed by atoms with E-state index in [9.17, 15) is 13.2 Å². The molecule has 0 radical (unpaired) electrons. The summed E-state index contributed by atoms with van der Waals surface area (Å²) >= 11 is 0. The van der Waals surface area contributed by atoms with Gasteiger partial charge in [0.25, 0.3) is 0 Å². The van der Waals surface area contributed by atoms with Crippen molar-refractivity contribution in [3.63, 3.8) is 0 Å². The summed E-state index contributed by atoms with van der Waals surface area (Å²) < 4.78 is 24.8. The molecule has 1 unspecified atom stereocenters. The van der Waals surface area contributed by atoms with Gasteiger partial charge in [-0.1, -0.05) is 13.3 Å². The highest BCUT2D eigenvalue weighted by Crippen LogP contribution is 2.22. The summed E-state index contributed by atoms with van der Waals surface area (Å²) in [5.74, 6) is -2.07. The van der Waals surface area contributed by atoms with Crippen molar-refractivity contribution in [1.29, 1.82) is 0 Å². The number of hydrogen-bond acceptors (Lipinski definition) is 3. The molecule has 88 valence electrons. The van der Waals surface area contributed by atoms with E-state index >= 15 is 0 Å². The number of hydrogen-bond donors (Lipinski definition) is 1. The minimum atomic E-state index is -3.61. The van der Waals surface area contributed by atoms with Crippen LogP contribution in [-0.2, 0) is 14.8 Å². The number of carbonyl (C=O) groups is 1. The second-order valence-electron chi connectivity index (χ2n) is 3.82. The lowest BCUT2D eigenvalue weighted by Gasteiger charge is -2.33. The lowest BCUT2D eigenvalue weighted by atomic mass is 10.0. The average molecular weight is 235 g/mol. The zero-order valence-corrected chi connectivity index (χ0v) is 9.66. The summed E-state index contributed by atoms with van der Waals surface area (Å²) in [6, 6.07) is -0.0110. The van der Waals surface area contributed by atoms with Crippen LogP contribution in [0.5, 0.6) is 0 Å². The van der Waals surface area contributed by atoms with Crippen molar-refractivity contribution in [3.05, 3.63) is 0 Å². The van der Waals surface area contributed by atoms with E-state index in [1.54, 1.807) is 0 Å². The smallest absolute Gasteiger partial charge is 0.320 e. The monoisotopic (exact) mass is 235 g/mol. The second kappa shape index (κ2) is 4.94. The fourth-order valence-corrected chi connectivity index (χ4v) is 3.58. The summed E-state index contributed by atoms with van der Waals surface area (Å²) in [7, 11) is -3.61. The van der Waals surface area contributed by atoms with Gasteiger partial charge in [-0.25, -0.2) is 8.42 Å². The molecular formula is C9H17NO4S. The molecule has 5 nitrogen and oxygen atoms in total. The third kappa shape index (κ3) is 3.17. The summed E-state index contributed by atoms with van der Waals surface area (Å²) in [6.45, 7) is 2.40. The van der Waals surface area contributed by atoms with Gasteiger partial charge in [-0.05, 0) is 19.3 Å². The van der Waals surface area contributed by atoms with Gasteiger partial charge in [-0.15, -0.1) is 0 Å². The predicted octanol–water partition coefficient (Wildman–Crippen LogP) is 0.665. The molecule has 0 aromatic heterocycles. The number of nitrogens with zero attached hydrogens (tertiary/aromatic N) is 1. The molecule has 0 saturated carbocycles. The largest absolute Gasteiger partial charge is 0.480 e. The first-order valence-electron chi connectivity index (χ1n) is 5.18. The number of aliphatic carboxylic acids is 1. The Balaban J connectivity index is 2.79. The molecule has 0 aliphatic carbocycles. The first kappa shape index (κ1) is 12.4. The van der Waals surface area contributed by atoms with Crippen molar-refractivity contribution in [3.8, 4) is 0 Å². The third-order valence-electron chi connectivity index (χ3n) is 2.71. The fraction of sp³-hybridized carbons (Fsp3) is 0.889. The summed E-state index contributed by atoms with van der Waals surface area (Å²) in [5.41, 5.74) is 0. The van der Waals surface area contributed by atoms with Gasteiger partial charge in [0, 0.05) is 12.6 Å². The molecule has 1 aliphatic rings. The highest BCUT2D eigenvalue weighted by Gasteiger charge is 2.32. The molecule has 0 amide bonds. The van der Waals surface area contributed by atoms with E-state index in [4.69, 9.17) is 5.11 Å². The molecule has 1 fully saturated rings. The number of sulfonamides is 1. The van der Waals surface area contributed by atoms with E-state index in [0.29, 0.717) is 6.54 Å². The van der Waals surface area contributed by atoms with E-state index in [1.165, 1.54) is 4.31 Å². The van der Waals surface area contributed by atoms with Crippen LogP contribution in [0.25, 0.3) is 0 Å². The first-order valence-corrected chi connectivity index (χ1v) is 6.79. The van der Waals surface area contributed by atoms with Crippen molar-refractivity contribution >= 4 is 16.0 Å². The third-order valence-corrected chi connectivity index (χ3v) is 4.51. The standard InChI is InChI=1S/C9H17NO4S/c1-2-8-5-3-4-6-10(8)15(13,14)7-9(11)12/h8H,2-7H2,1H3,(H,11,12). The van der Waals surface area contributed by atoms with E-state index in [1.807, 2.05) is 6.92 Å². The van der Waals surface area contributed by atoms with Crippen molar-refractivity contribution in [2.75, 3.05) is 12.3 Å². The number of carboxylic acid groups (broad SMARTS) is 1. The molecule has 6 heteroatoms. The SMILES string of the molecule is CCC1CCCCN1S(=O)(=O)CC(=O)O. The number of rotatable bonds is 4. The molecular weight excluding hydrogens is 218 g/mol. The lowest BCUT2D eigenvalue weighted by molar-refractivity contribution is -0.134. The van der Waals surface area contributed by atoms with Gasteiger partial charge in [-0.2, -0.15) is 4.31 Å². The van der Waals surface area contributed by atoms with Crippen LogP contribution < -0.4 is 0 Å². The Hall–Kier alpha value is -0.620. The molecule has 1 saturated heterocycles. The van der Waals surface area contributed by atoms with Gasteiger partial charge in [0.1, 0.15) is 0 Å². The van der Waals surface area contributed by atoms with E-state index < -0.39 is 21.7 Å². The van der Waals surface area contributed by atoms with Gasteiger partial charge in [0.2, 0.25) is 10.0 Å². The molecule has 1 N–H and O–H groups in total. The minimum Gasteiger partial charge on any atom is -0.480 e. The van der Waals surface area contributed by atoms with Crippen molar-refractivity contribution in [2.24, 2.45) is 0 Å². The molecule has 1 atom stereocenters. The van der Waals surface area contributed by atoms with Gasteiger partial charge in [0.05, 0.1) is 0 Å². The molecule has 0 bridgehead atoms. The molecule has 0 aromatic carbocycles. The van der Waals surface area contributed by atoms with Gasteiger partial charge in [0.15, 0.2) is 5.75 Å². The highest BCUT2D eigenvalue weighted by atomic mass is 32.2. The van der Waals surface area contributed by atoms with Crippen LogP contribution >= 0.6 is 0 Å². The van der Waals surface area contributed by atoms with Crippen LogP contribution in [-0.4, -0.2) is 42.1 Å². The van der Waals surface area contributed by atoms with Gasteiger partial charge < -0.3 is 5.11 Å². The van der Waals surface area contributed by atoms with E-state index in [-0.39, 0.29) is 6.04 Å². The molecule has 15 heavy (non-hydrogen) atoms. The maximum Gasteiger partial charge on any atom is 0.320 e. The molecule has 1 heterocycles. The molecule has 0 aromatic rings. The van der Waals surface area contributed by atoms with Crippen LogP contribution in [0.3, 0.4) is 0 Å². The zero-order valence-electron chi connectivity index (χ0n) is 8.85. The summed E-state index contributed by atoms with van der Waals surface area (Å²) in [5, 5.41) is 8.53. The van der Waals surface area contributed by atoms with Crippen LogP contribution in [0.1, 0.15) is 32.6 Å². The molecule has 0 spiro atoms. The summed E-state index contributed by atoms with van der Waals surface area (Å²) in [4.78, 5) is 10.4. The Morgan fingerprint density at radius 1 is 1.47 bits per heavy atom. The highest BCUT2D eigenvalue weighted by molar-refractivity contribution is 7.89. The van der Waals surface area contributed by atoms with Crippen LogP contribution in [0, 0.1) is 0 Å². The normalized spacial score (nSPS) is 23.9. The quantitative estimate of drug-likeness (QED) is 0.777. The zero-order chi connectivity index (χ0) is 11.5. The molecule has 1 aliphatic heterocycles.